The molecule has 1 aliphatic carbocycles. The van der Waals surface area contributed by atoms with Crippen molar-refractivity contribution in [3.63, 3.8) is 0 Å². The van der Waals surface area contributed by atoms with Gasteiger partial charge in [0, 0.05) is 18.7 Å². The van der Waals surface area contributed by atoms with Crippen molar-refractivity contribution in [2.75, 3.05) is 11.4 Å². The number of hydrogen-bond acceptors (Lipinski definition) is 3. The van der Waals surface area contributed by atoms with Crippen LogP contribution >= 0.6 is 9.39 Å². The van der Waals surface area contributed by atoms with Crippen LogP contribution in [0.25, 0.3) is 5.57 Å². The fourth-order valence-electron chi connectivity index (χ4n) is 4.39. The number of carbonyl (C=O) groups excluding carboxylic acids is 1. The van der Waals surface area contributed by atoms with Gasteiger partial charge in [-0.15, -0.1) is 5.10 Å². The number of anilines is 1. The lowest BCUT2D eigenvalue weighted by molar-refractivity contribution is -0.117. The Balaban J connectivity index is 0.000000184. The summed E-state index contributed by atoms with van der Waals surface area (Å²) in [6.07, 6.45) is 11.8. The molecule has 6 heteroatoms. The van der Waals surface area contributed by atoms with Crippen LogP contribution in [0.4, 0.5) is 5.69 Å². The van der Waals surface area contributed by atoms with Crippen LogP contribution in [-0.4, -0.2) is 27.2 Å². The first-order chi connectivity index (χ1) is 14.6. The van der Waals surface area contributed by atoms with Gasteiger partial charge in [-0.05, 0) is 52.3 Å². The van der Waals surface area contributed by atoms with E-state index in [2.05, 4.69) is 33.2 Å². The average Bonchev–Trinajstić information content (AvgIpc) is 3.36. The number of hydrogen-bond donors (Lipinski definition) is 0. The van der Waals surface area contributed by atoms with E-state index in [0.717, 1.165) is 55.1 Å². The predicted octanol–water partition coefficient (Wildman–Crippen LogP) is 5.67. The smallest absolute Gasteiger partial charge is 0.227 e. The first-order valence-electron chi connectivity index (χ1n) is 11.3. The minimum Gasteiger partial charge on any atom is -0.312 e. The highest BCUT2D eigenvalue weighted by Crippen LogP contribution is 2.30. The van der Waals surface area contributed by atoms with Crippen molar-refractivity contribution in [1.29, 1.82) is 0 Å². The van der Waals surface area contributed by atoms with Crippen LogP contribution in [0, 0.1) is 5.92 Å². The molecular weight excluding hydrogens is 391 g/mol. The number of amides is 1. The number of aromatic nitrogens is 3. The van der Waals surface area contributed by atoms with Crippen LogP contribution in [0.2, 0.25) is 0 Å². The Kier molecular flexibility index (Phi) is 8.62. The van der Waals surface area contributed by atoms with E-state index in [0.29, 0.717) is 6.42 Å². The zero-order valence-corrected chi connectivity index (χ0v) is 19.4. The lowest BCUT2D eigenvalue weighted by Crippen LogP contribution is -2.23. The molecule has 1 aromatic carbocycles. The maximum Gasteiger partial charge on any atom is 0.227 e. The fourth-order valence-corrected chi connectivity index (χ4v) is 4.67. The third-order valence-electron chi connectivity index (χ3n) is 6.03. The summed E-state index contributed by atoms with van der Waals surface area (Å²) in [4.78, 5) is 13.1. The molecule has 4 rings (SSSR count). The molecule has 2 aliphatic rings. The van der Waals surface area contributed by atoms with Gasteiger partial charge in [-0.3, -0.25) is 4.79 Å². The van der Waals surface area contributed by atoms with Crippen molar-refractivity contribution in [2.45, 2.75) is 71.1 Å². The highest BCUT2D eigenvalue weighted by Gasteiger charge is 2.21. The first-order valence-corrected chi connectivity index (χ1v) is 11.8. The third kappa shape index (κ3) is 6.01. The van der Waals surface area contributed by atoms with Crippen LogP contribution < -0.4 is 4.90 Å². The number of nitrogens with zero attached hydrogens (tertiary/aromatic N) is 4. The highest BCUT2D eigenvalue weighted by atomic mass is 31.0. The van der Waals surface area contributed by atoms with Crippen LogP contribution in [0.15, 0.2) is 36.9 Å². The van der Waals surface area contributed by atoms with Crippen LogP contribution in [0.1, 0.15) is 76.1 Å². The fraction of sp³-hybridized carbons (Fsp3) is 0.542. The van der Waals surface area contributed by atoms with Gasteiger partial charge in [0.05, 0.1) is 5.69 Å². The van der Waals surface area contributed by atoms with Crippen molar-refractivity contribution >= 4 is 26.6 Å². The molecule has 0 N–H and O–H groups in total. The van der Waals surface area contributed by atoms with Crippen molar-refractivity contribution in [1.82, 2.24) is 14.8 Å². The van der Waals surface area contributed by atoms with Gasteiger partial charge in [-0.1, -0.05) is 75.4 Å². The lowest BCUT2D eigenvalue weighted by atomic mass is 9.85. The second kappa shape index (κ2) is 11.4. The van der Waals surface area contributed by atoms with Crippen LogP contribution in [0.5, 0.6) is 0 Å². The highest BCUT2D eigenvalue weighted by molar-refractivity contribution is 7.14. The lowest BCUT2D eigenvalue weighted by Gasteiger charge is -2.21. The molecule has 2 heterocycles. The Morgan fingerprint density at radius 1 is 1.17 bits per heavy atom. The molecule has 0 radical (unpaired) electrons. The summed E-state index contributed by atoms with van der Waals surface area (Å²) in [6.45, 7) is 7.21. The summed E-state index contributed by atoms with van der Waals surface area (Å²) in [5.74, 6) is 1.06. The number of para-hydroxylation sites is 1. The SMILES string of the molecule is C=C(CCC)c1nnn(P)c1CC1CCCCC1.O=C1CCCN1c1ccccc1. The van der Waals surface area contributed by atoms with Crippen molar-refractivity contribution in [3.05, 3.63) is 48.3 Å². The summed E-state index contributed by atoms with van der Waals surface area (Å²) in [5, 5.41) is 8.45. The molecule has 1 amide bonds. The van der Waals surface area contributed by atoms with Crippen molar-refractivity contribution in [3.8, 4) is 0 Å². The summed E-state index contributed by atoms with van der Waals surface area (Å²) in [5.41, 5.74) is 4.46. The molecule has 0 spiro atoms. The van der Waals surface area contributed by atoms with Gasteiger partial charge in [0.2, 0.25) is 5.91 Å². The quantitative estimate of drug-likeness (QED) is 0.560. The first kappa shape index (κ1) is 22.7. The summed E-state index contributed by atoms with van der Waals surface area (Å²) < 4.78 is 1.87. The third-order valence-corrected chi connectivity index (χ3v) is 6.44. The molecule has 1 aliphatic heterocycles. The molecule has 1 saturated carbocycles. The van der Waals surface area contributed by atoms with E-state index in [9.17, 15) is 4.79 Å². The minimum atomic E-state index is 0.251. The molecule has 2 fully saturated rings. The molecule has 30 heavy (non-hydrogen) atoms. The molecule has 162 valence electrons. The summed E-state index contributed by atoms with van der Waals surface area (Å²) in [6, 6.07) is 9.83. The van der Waals surface area contributed by atoms with Crippen molar-refractivity contribution in [2.24, 2.45) is 5.92 Å². The molecule has 1 atom stereocenters. The number of rotatable bonds is 6. The molecule has 5 nitrogen and oxygen atoms in total. The van der Waals surface area contributed by atoms with Gasteiger partial charge in [0.1, 0.15) is 5.69 Å². The topological polar surface area (TPSA) is 51.0 Å². The molecule has 2 aromatic rings. The van der Waals surface area contributed by atoms with E-state index in [1.807, 2.05) is 39.7 Å². The van der Waals surface area contributed by atoms with Crippen molar-refractivity contribution < 1.29 is 4.79 Å². The maximum atomic E-state index is 11.3. The van der Waals surface area contributed by atoms with E-state index in [1.54, 1.807) is 0 Å². The minimum absolute atomic E-state index is 0.251. The molecule has 0 bridgehead atoms. The predicted molar refractivity (Wildman–Crippen MR) is 127 cm³/mol. The second-order valence-electron chi connectivity index (χ2n) is 8.38. The Bertz CT molecular complexity index is 827. The van der Waals surface area contributed by atoms with E-state index >= 15 is 0 Å². The van der Waals surface area contributed by atoms with Gasteiger partial charge in [0.15, 0.2) is 0 Å². The standard InChI is InChI=1S/C14H24N3P.C10H11NO/c1-3-7-11(2)14-13(17(18)16-15-14)10-12-8-5-4-6-9-12;12-10-7-4-8-11(10)9-5-2-1-3-6-9/h12H,2-10,18H2,1H3;1-3,5-6H,4,7-8H2. The Hall–Kier alpha value is -2.00. The van der Waals surface area contributed by atoms with E-state index in [1.165, 1.54) is 37.8 Å². The van der Waals surface area contributed by atoms with Gasteiger partial charge >= 0.3 is 0 Å². The number of benzene rings is 1. The molecule has 1 unspecified atom stereocenters. The van der Waals surface area contributed by atoms with Crippen LogP contribution in [-0.2, 0) is 11.2 Å². The number of allylic oxidation sites excluding steroid dienone is 1. The molecule has 1 aromatic heterocycles. The maximum absolute atomic E-state index is 11.3. The van der Waals surface area contributed by atoms with Gasteiger partial charge in [-0.25, -0.2) is 4.45 Å². The van der Waals surface area contributed by atoms with Gasteiger partial charge in [0.25, 0.3) is 0 Å². The van der Waals surface area contributed by atoms with Gasteiger partial charge in [-0.2, -0.15) is 0 Å². The zero-order valence-electron chi connectivity index (χ0n) is 18.2. The summed E-state index contributed by atoms with van der Waals surface area (Å²) >= 11 is 0. The second-order valence-corrected chi connectivity index (χ2v) is 8.86. The van der Waals surface area contributed by atoms with Crippen LogP contribution in [0.3, 0.4) is 0 Å². The van der Waals surface area contributed by atoms with E-state index in [4.69, 9.17) is 0 Å². The Morgan fingerprint density at radius 2 is 1.90 bits per heavy atom. The van der Waals surface area contributed by atoms with E-state index in [-0.39, 0.29) is 5.91 Å². The van der Waals surface area contributed by atoms with Gasteiger partial charge < -0.3 is 4.90 Å². The molecular formula is C24H35N4OP. The summed E-state index contributed by atoms with van der Waals surface area (Å²) in [7, 11) is 2.66. The number of carbonyl (C=O) groups is 1. The average molecular weight is 427 g/mol. The molecule has 1 saturated heterocycles. The zero-order chi connectivity index (χ0) is 21.3. The Labute approximate surface area is 183 Å². The largest absolute Gasteiger partial charge is 0.312 e. The van der Waals surface area contributed by atoms with E-state index < -0.39 is 0 Å². The normalized spacial score (nSPS) is 17.0. The monoisotopic (exact) mass is 426 g/mol. The Morgan fingerprint density at radius 3 is 2.53 bits per heavy atom.